The molecule has 2 unspecified atom stereocenters. The van der Waals surface area contributed by atoms with Crippen molar-refractivity contribution in [1.82, 2.24) is 39.3 Å². The highest BCUT2D eigenvalue weighted by Crippen LogP contribution is 2.45. The molecule has 2 aliphatic heterocycles. The number of amides is 2. The number of piperidine rings is 1. The molecule has 0 bridgehead atoms. The van der Waals surface area contributed by atoms with Crippen LogP contribution < -0.4 is 4.74 Å². The van der Waals surface area contributed by atoms with E-state index in [4.69, 9.17) is 9.72 Å². The smallest absolute Gasteiger partial charge is 0.320 e. The number of hydrogen-bond acceptors (Lipinski definition) is 7. The average Bonchev–Trinajstić information content (AvgIpc) is 3.17. The van der Waals surface area contributed by atoms with Crippen molar-refractivity contribution >= 4 is 17.2 Å². The summed E-state index contributed by atoms with van der Waals surface area (Å²) in [7, 11) is 0. The molecule has 166 valence electrons. The van der Waals surface area contributed by atoms with Crippen LogP contribution in [0.2, 0.25) is 0 Å². The van der Waals surface area contributed by atoms with E-state index in [1.54, 1.807) is 12.4 Å². The Morgan fingerprint density at radius 3 is 2.62 bits per heavy atom. The number of carbonyl (C=O) groups is 1. The zero-order valence-electron chi connectivity index (χ0n) is 18.3. The Balaban J connectivity index is 1.23. The Morgan fingerprint density at radius 2 is 1.88 bits per heavy atom. The summed E-state index contributed by atoms with van der Waals surface area (Å²) in [4.78, 5) is 39.0. The molecule has 0 spiro atoms. The molecule has 1 aliphatic carbocycles. The van der Waals surface area contributed by atoms with Crippen molar-refractivity contribution in [2.75, 3.05) is 26.2 Å². The topological polar surface area (TPSA) is 102 Å². The summed E-state index contributed by atoms with van der Waals surface area (Å²) >= 11 is 0. The third-order valence-corrected chi connectivity index (χ3v) is 6.80. The van der Waals surface area contributed by atoms with Crippen LogP contribution in [0.4, 0.5) is 4.79 Å². The molecule has 2 amide bonds. The van der Waals surface area contributed by atoms with E-state index in [0.29, 0.717) is 36.9 Å². The summed E-state index contributed by atoms with van der Waals surface area (Å²) in [6, 6.07) is 0.146. The second-order valence-corrected chi connectivity index (χ2v) is 8.97. The Bertz CT molecular complexity index is 1170. The van der Waals surface area contributed by atoms with Crippen molar-refractivity contribution < 1.29 is 9.53 Å². The number of ether oxygens (including phenoxy) is 1. The van der Waals surface area contributed by atoms with Gasteiger partial charge in [-0.2, -0.15) is 4.98 Å². The summed E-state index contributed by atoms with van der Waals surface area (Å²) in [6.07, 6.45) is 7.02. The Hall–Kier alpha value is -3.30. The third-order valence-electron chi connectivity index (χ3n) is 6.80. The van der Waals surface area contributed by atoms with Gasteiger partial charge in [-0.3, -0.25) is 0 Å². The lowest BCUT2D eigenvalue weighted by Gasteiger charge is -2.25. The summed E-state index contributed by atoms with van der Waals surface area (Å²) in [5, 5.41) is 0. The van der Waals surface area contributed by atoms with Crippen molar-refractivity contribution in [2.24, 2.45) is 11.8 Å². The van der Waals surface area contributed by atoms with Gasteiger partial charge in [0.25, 0.3) is 0 Å². The first-order valence-corrected chi connectivity index (χ1v) is 11.3. The van der Waals surface area contributed by atoms with Crippen LogP contribution in [0.3, 0.4) is 0 Å². The lowest BCUT2D eigenvalue weighted by atomic mass is 10.3. The number of rotatable bonds is 4. The molecule has 0 aromatic carbocycles. The van der Waals surface area contributed by atoms with Crippen molar-refractivity contribution in [2.45, 2.75) is 39.3 Å². The van der Waals surface area contributed by atoms with E-state index in [1.807, 2.05) is 28.2 Å². The Morgan fingerprint density at radius 1 is 1.09 bits per heavy atom. The fourth-order valence-electron chi connectivity index (χ4n) is 4.94. The second kappa shape index (κ2) is 7.39. The second-order valence-electron chi connectivity index (χ2n) is 8.97. The molecule has 6 rings (SSSR count). The summed E-state index contributed by atoms with van der Waals surface area (Å²) in [5.74, 6) is 3.39. The molecule has 2 saturated heterocycles. The molecule has 0 radical (unpaired) electrons. The van der Waals surface area contributed by atoms with Crippen LogP contribution in [0.5, 0.6) is 5.88 Å². The van der Waals surface area contributed by atoms with E-state index in [-0.39, 0.29) is 12.1 Å². The predicted octanol–water partition coefficient (Wildman–Crippen LogP) is 2.14. The Labute approximate surface area is 185 Å². The first-order chi connectivity index (χ1) is 15.6. The summed E-state index contributed by atoms with van der Waals surface area (Å²) in [5.41, 5.74) is 2.16. The van der Waals surface area contributed by atoms with Gasteiger partial charge in [0.2, 0.25) is 5.88 Å². The van der Waals surface area contributed by atoms with E-state index >= 15 is 0 Å². The maximum absolute atomic E-state index is 12.8. The van der Waals surface area contributed by atoms with E-state index in [2.05, 4.69) is 19.9 Å². The van der Waals surface area contributed by atoms with E-state index in [0.717, 1.165) is 48.4 Å². The highest BCUT2D eigenvalue weighted by Gasteiger charge is 2.47. The molecule has 5 heterocycles. The number of aromatic nitrogens is 6. The van der Waals surface area contributed by atoms with E-state index < -0.39 is 0 Å². The molecule has 1 saturated carbocycles. The normalized spacial score (nSPS) is 24.2. The molecule has 3 fully saturated rings. The maximum atomic E-state index is 12.8. The molecule has 3 aromatic rings. The van der Waals surface area contributed by atoms with Gasteiger partial charge in [0.15, 0.2) is 11.2 Å². The monoisotopic (exact) mass is 434 g/mol. The predicted molar refractivity (Wildman–Crippen MR) is 116 cm³/mol. The zero-order chi connectivity index (χ0) is 21.8. The van der Waals surface area contributed by atoms with Gasteiger partial charge >= 0.3 is 6.03 Å². The van der Waals surface area contributed by atoms with Gasteiger partial charge in [0, 0.05) is 45.0 Å². The quantitative estimate of drug-likeness (QED) is 0.620. The number of imidazole rings is 1. The minimum absolute atomic E-state index is 0.105. The fourth-order valence-corrected chi connectivity index (χ4v) is 4.94. The molecule has 3 aliphatic rings. The molecule has 3 atom stereocenters. The van der Waals surface area contributed by atoms with Crippen molar-refractivity contribution in [1.29, 1.82) is 0 Å². The summed E-state index contributed by atoms with van der Waals surface area (Å²) < 4.78 is 8.27. The number of aryl methyl sites for hydroxylation is 2. The van der Waals surface area contributed by atoms with Crippen LogP contribution in [0, 0.1) is 18.8 Å². The fraction of sp³-hybridized carbons (Fsp3) is 0.545. The van der Waals surface area contributed by atoms with Gasteiger partial charge in [0.05, 0.1) is 12.1 Å². The SMILES string of the molecule is CCn1c(-c2cnc(C)nc2)nc2c(O[C@H]3CCN(C(=O)N4CC5CC5C4)C3)ncnc21. The molecule has 32 heavy (non-hydrogen) atoms. The van der Waals surface area contributed by atoms with E-state index in [9.17, 15) is 4.79 Å². The van der Waals surface area contributed by atoms with Crippen molar-refractivity contribution in [3.05, 3.63) is 24.5 Å². The van der Waals surface area contributed by atoms with Crippen LogP contribution in [0.15, 0.2) is 18.7 Å². The van der Waals surface area contributed by atoms with E-state index in [1.165, 1.54) is 12.7 Å². The molecular weight excluding hydrogens is 408 g/mol. The first kappa shape index (κ1) is 19.4. The minimum Gasteiger partial charge on any atom is -0.471 e. The van der Waals surface area contributed by atoms with Crippen LogP contribution in [0.1, 0.15) is 25.6 Å². The van der Waals surface area contributed by atoms with Gasteiger partial charge in [-0.15, -0.1) is 0 Å². The molecule has 10 nitrogen and oxygen atoms in total. The van der Waals surface area contributed by atoms with Gasteiger partial charge in [-0.25, -0.2) is 24.7 Å². The van der Waals surface area contributed by atoms with Crippen molar-refractivity contribution in [3.63, 3.8) is 0 Å². The van der Waals surface area contributed by atoms with Crippen LogP contribution in [-0.2, 0) is 6.54 Å². The standard InChI is InChI=1S/C22H26N8O2/c1-3-30-19(16-7-23-13(2)24-8-16)27-18-20(30)25-12-26-21(18)32-17-4-5-28(11-17)22(31)29-9-14-6-15(14)10-29/h7-8,12,14-15,17H,3-6,9-11H2,1-2H3/t14?,15?,17-/m0/s1. The number of urea groups is 1. The van der Waals surface area contributed by atoms with Gasteiger partial charge in [0.1, 0.15) is 24.1 Å². The Kier molecular flexibility index (Phi) is 4.48. The maximum Gasteiger partial charge on any atom is 0.320 e. The molecule has 0 N–H and O–H groups in total. The van der Waals surface area contributed by atoms with Crippen LogP contribution in [0.25, 0.3) is 22.6 Å². The lowest BCUT2D eigenvalue weighted by Crippen LogP contribution is -2.42. The molecule has 3 aromatic heterocycles. The zero-order valence-corrected chi connectivity index (χ0v) is 18.3. The van der Waals surface area contributed by atoms with Gasteiger partial charge in [-0.05, 0) is 32.1 Å². The lowest BCUT2D eigenvalue weighted by molar-refractivity contribution is 0.156. The van der Waals surface area contributed by atoms with Crippen LogP contribution in [-0.4, -0.2) is 77.6 Å². The molecular formula is C22H26N8O2. The number of hydrogen-bond donors (Lipinski definition) is 0. The third kappa shape index (κ3) is 3.25. The first-order valence-electron chi connectivity index (χ1n) is 11.3. The highest BCUT2D eigenvalue weighted by atomic mass is 16.5. The largest absolute Gasteiger partial charge is 0.471 e. The average molecular weight is 435 g/mol. The highest BCUT2D eigenvalue weighted by molar-refractivity contribution is 5.81. The van der Waals surface area contributed by atoms with Gasteiger partial charge in [-0.1, -0.05) is 0 Å². The minimum atomic E-state index is -0.105. The summed E-state index contributed by atoms with van der Waals surface area (Å²) in [6.45, 7) is 7.70. The molecule has 10 heteroatoms. The van der Waals surface area contributed by atoms with Crippen LogP contribution >= 0.6 is 0 Å². The number of carbonyl (C=O) groups excluding carboxylic acids is 1. The number of nitrogens with zero attached hydrogens (tertiary/aromatic N) is 8. The number of fused-ring (bicyclic) bond motifs is 2. The van der Waals surface area contributed by atoms with Gasteiger partial charge < -0.3 is 19.1 Å². The van der Waals surface area contributed by atoms with Crippen molar-refractivity contribution in [3.8, 4) is 17.3 Å². The number of likely N-dealkylation sites (tertiary alicyclic amines) is 2.